The first kappa shape index (κ1) is 17.8. The third kappa shape index (κ3) is 3.82. The Morgan fingerprint density at radius 3 is 2.69 bits per heavy atom. The molecule has 2 aromatic heterocycles. The van der Waals surface area contributed by atoms with Crippen LogP contribution in [0.5, 0.6) is 0 Å². The molecule has 3 aromatic rings. The van der Waals surface area contributed by atoms with E-state index >= 15 is 0 Å². The van der Waals surface area contributed by atoms with Gasteiger partial charge in [0, 0.05) is 11.5 Å². The quantitative estimate of drug-likeness (QED) is 0.708. The summed E-state index contributed by atoms with van der Waals surface area (Å²) in [5.41, 5.74) is 1.15. The molecular weight excluding hydrogens is 332 g/mol. The van der Waals surface area contributed by atoms with Crippen molar-refractivity contribution in [3.63, 3.8) is 0 Å². The van der Waals surface area contributed by atoms with Gasteiger partial charge in [-0.1, -0.05) is 37.2 Å². The zero-order valence-electron chi connectivity index (χ0n) is 15.1. The Labute approximate surface area is 150 Å². The third-order valence-corrected chi connectivity index (χ3v) is 4.19. The van der Waals surface area contributed by atoms with Crippen molar-refractivity contribution in [2.45, 2.75) is 39.7 Å². The summed E-state index contributed by atoms with van der Waals surface area (Å²) in [6.07, 6.45) is 0.834. The summed E-state index contributed by atoms with van der Waals surface area (Å²) in [5.74, 6) is 0.383. The SMILES string of the molecule is CC(C)Cc1cc(CNC(=O)[C@@H](C)c2n[nH]c(=O)c3ccccc23)on1. The van der Waals surface area contributed by atoms with E-state index in [0.717, 1.165) is 12.1 Å². The molecule has 0 spiro atoms. The lowest BCUT2D eigenvalue weighted by Gasteiger charge is -2.12. The van der Waals surface area contributed by atoms with Crippen molar-refractivity contribution >= 4 is 16.7 Å². The van der Waals surface area contributed by atoms with Crippen LogP contribution >= 0.6 is 0 Å². The highest BCUT2D eigenvalue weighted by Gasteiger charge is 2.20. The molecule has 0 bridgehead atoms. The number of fused-ring (bicyclic) bond motifs is 1. The predicted octanol–water partition coefficient (Wildman–Crippen LogP) is 2.53. The van der Waals surface area contributed by atoms with Gasteiger partial charge in [0.1, 0.15) is 0 Å². The van der Waals surface area contributed by atoms with Gasteiger partial charge in [-0.05, 0) is 25.3 Å². The Bertz CT molecular complexity index is 974. The molecule has 2 heterocycles. The highest BCUT2D eigenvalue weighted by molar-refractivity contribution is 5.90. The van der Waals surface area contributed by atoms with Crippen LogP contribution in [0.2, 0.25) is 0 Å². The van der Waals surface area contributed by atoms with Crippen molar-refractivity contribution in [1.82, 2.24) is 20.7 Å². The molecule has 136 valence electrons. The number of H-pyrrole nitrogens is 1. The van der Waals surface area contributed by atoms with Crippen LogP contribution in [0.1, 0.15) is 43.8 Å². The molecular formula is C19H22N4O3. The van der Waals surface area contributed by atoms with Gasteiger partial charge in [0.25, 0.3) is 5.56 Å². The first-order valence-electron chi connectivity index (χ1n) is 8.65. The second-order valence-electron chi connectivity index (χ2n) is 6.81. The van der Waals surface area contributed by atoms with Crippen LogP contribution in [0, 0.1) is 5.92 Å². The zero-order chi connectivity index (χ0) is 18.7. The lowest BCUT2D eigenvalue weighted by Crippen LogP contribution is -2.28. The lowest BCUT2D eigenvalue weighted by molar-refractivity contribution is -0.122. The molecule has 1 atom stereocenters. The predicted molar refractivity (Wildman–Crippen MR) is 97.7 cm³/mol. The summed E-state index contributed by atoms with van der Waals surface area (Å²) < 4.78 is 5.26. The first-order chi connectivity index (χ1) is 12.5. The number of nitrogens with one attached hydrogen (secondary N) is 2. The van der Waals surface area contributed by atoms with Gasteiger partial charge in [0.15, 0.2) is 5.76 Å². The third-order valence-electron chi connectivity index (χ3n) is 4.19. The van der Waals surface area contributed by atoms with Gasteiger partial charge in [0.2, 0.25) is 5.91 Å². The molecule has 7 nitrogen and oxygen atoms in total. The number of aromatic nitrogens is 3. The fourth-order valence-corrected chi connectivity index (χ4v) is 2.87. The van der Waals surface area contributed by atoms with Gasteiger partial charge in [0.05, 0.1) is 29.2 Å². The molecule has 0 aliphatic heterocycles. The highest BCUT2D eigenvalue weighted by Crippen LogP contribution is 2.21. The number of hydrogen-bond donors (Lipinski definition) is 2. The lowest BCUT2D eigenvalue weighted by atomic mass is 10.0. The average Bonchev–Trinajstić information content (AvgIpc) is 3.06. The molecule has 1 aromatic carbocycles. The molecule has 0 saturated carbocycles. The standard InChI is InChI=1S/C19H22N4O3/c1-11(2)8-13-9-14(26-23-13)10-20-18(24)12(3)17-15-6-4-5-7-16(15)19(25)22-21-17/h4-7,9,11-12H,8,10H2,1-3H3,(H,20,24)(H,22,25)/t12-/m0/s1. The van der Waals surface area contributed by atoms with E-state index < -0.39 is 5.92 Å². The van der Waals surface area contributed by atoms with E-state index in [9.17, 15) is 9.59 Å². The number of benzene rings is 1. The van der Waals surface area contributed by atoms with Crippen molar-refractivity contribution in [1.29, 1.82) is 0 Å². The number of rotatable bonds is 6. The van der Waals surface area contributed by atoms with Crippen LogP contribution in [0.3, 0.4) is 0 Å². The molecule has 0 aliphatic rings. The van der Waals surface area contributed by atoms with Gasteiger partial charge in [-0.3, -0.25) is 9.59 Å². The van der Waals surface area contributed by atoms with Crippen LogP contribution in [-0.4, -0.2) is 21.3 Å². The minimum absolute atomic E-state index is 0.198. The van der Waals surface area contributed by atoms with E-state index in [1.807, 2.05) is 12.1 Å². The second kappa shape index (κ2) is 7.51. The maximum absolute atomic E-state index is 12.5. The Morgan fingerprint density at radius 1 is 1.23 bits per heavy atom. The highest BCUT2D eigenvalue weighted by atomic mass is 16.5. The van der Waals surface area contributed by atoms with Crippen LogP contribution < -0.4 is 10.9 Å². The average molecular weight is 354 g/mol. The van der Waals surface area contributed by atoms with Crippen molar-refractivity contribution in [2.24, 2.45) is 5.92 Å². The van der Waals surface area contributed by atoms with Crippen LogP contribution in [-0.2, 0) is 17.8 Å². The summed E-state index contributed by atoms with van der Waals surface area (Å²) in [7, 11) is 0. The molecule has 1 amide bonds. The fourth-order valence-electron chi connectivity index (χ4n) is 2.87. The molecule has 0 saturated heterocycles. The van der Waals surface area contributed by atoms with Gasteiger partial charge in [-0.25, -0.2) is 5.10 Å². The van der Waals surface area contributed by atoms with Gasteiger partial charge >= 0.3 is 0 Å². The zero-order valence-corrected chi connectivity index (χ0v) is 15.1. The Balaban J connectivity index is 1.72. The van der Waals surface area contributed by atoms with Crippen molar-refractivity contribution in [3.8, 4) is 0 Å². The van der Waals surface area contributed by atoms with E-state index in [1.54, 1.807) is 25.1 Å². The molecule has 0 radical (unpaired) electrons. The van der Waals surface area contributed by atoms with E-state index in [1.165, 1.54) is 0 Å². The van der Waals surface area contributed by atoms with Gasteiger partial charge in [-0.15, -0.1) is 0 Å². The minimum atomic E-state index is -0.519. The van der Waals surface area contributed by atoms with Gasteiger partial charge < -0.3 is 9.84 Å². The molecule has 2 N–H and O–H groups in total. The summed E-state index contributed by atoms with van der Waals surface area (Å²) in [4.78, 5) is 24.4. The summed E-state index contributed by atoms with van der Waals surface area (Å²) >= 11 is 0. The smallest absolute Gasteiger partial charge is 0.272 e. The van der Waals surface area contributed by atoms with Gasteiger partial charge in [-0.2, -0.15) is 5.10 Å². The summed E-state index contributed by atoms with van der Waals surface area (Å²) in [6, 6.07) is 8.98. The van der Waals surface area contributed by atoms with Crippen LogP contribution in [0.25, 0.3) is 10.8 Å². The Hall–Kier alpha value is -2.96. The van der Waals surface area contributed by atoms with Crippen molar-refractivity contribution in [3.05, 3.63) is 57.8 Å². The number of aromatic amines is 1. The topological polar surface area (TPSA) is 101 Å². The van der Waals surface area contributed by atoms with E-state index in [-0.39, 0.29) is 18.0 Å². The van der Waals surface area contributed by atoms with Crippen molar-refractivity contribution < 1.29 is 9.32 Å². The van der Waals surface area contributed by atoms with Crippen LogP contribution in [0.15, 0.2) is 39.6 Å². The maximum atomic E-state index is 12.5. The number of carbonyl (C=O) groups excluding carboxylic acids is 1. The van der Waals surface area contributed by atoms with Crippen LogP contribution in [0.4, 0.5) is 0 Å². The van der Waals surface area contributed by atoms with E-state index in [4.69, 9.17) is 4.52 Å². The number of carbonyl (C=O) groups is 1. The molecule has 0 unspecified atom stereocenters. The molecule has 7 heteroatoms. The second-order valence-corrected chi connectivity index (χ2v) is 6.81. The minimum Gasteiger partial charge on any atom is -0.359 e. The fraction of sp³-hybridized carbons (Fsp3) is 0.368. The molecule has 0 fully saturated rings. The summed E-state index contributed by atoms with van der Waals surface area (Å²) in [6.45, 7) is 6.24. The molecule has 0 aliphatic carbocycles. The largest absolute Gasteiger partial charge is 0.359 e. The monoisotopic (exact) mass is 354 g/mol. The Kier molecular flexibility index (Phi) is 5.16. The summed E-state index contributed by atoms with van der Waals surface area (Å²) in [5, 5.41) is 14.6. The first-order valence-corrected chi connectivity index (χ1v) is 8.65. The van der Waals surface area contributed by atoms with Crippen molar-refractivity contribution in [2.75, 3.05) is 0 Å². The van der Waals surface area contributed by atoms with E-state index in [0.29, 0.717) is 28.1 Å². The number of hydrogen-bond acceptors (Lipinski definition) is 5. The number of nitrogens with zero attached hydrogens (tertiary/aromatic N) is 2. The van der Waals surface area contributed by atoms with E-state index in [2.05, 4.69) is 34.5 Å². The number of amides is 1. The molecule has 26 heavy (non-hydrogen) atoms. The maximum Gasteiger partial charge on any atom is 0.272 e. The molecule has 3 rings (SSSR count). The normalized spacial score (nSPS) is 12.5. The Morgan fingerprint density at radius 2 is 1.96 bits per heavy atom.